The molecule has 0 fully saturated rings. The maximum Gasteiger partial charge on any atom is 0.116 e. The van der Waals surface area contributed by atoms with Gasteiger partial charge in [0.15, 0.2) is 0 Å². The number of hydrogen-bond donors (Lipinski definition) is 1. The zero-order valence-electron chi connectivity index (χ0n) is 14.6. The molecular weight excluding hydrogens is 258 g/mol. The van der Waals surface area contributed by atoms with Crippen molar-refractivity contribution in [3.63, 3.8) is 0 Å². The van der Waals surface area contributed by atoms with Crippen LogP contribution in [0.25, 0.3) is 0 Å². The Morgan fingerprint density at radius 2 is 1.52 bits per heavy atom. The molecule has 0 saturated heterocycles. The number of nitrogens with two attached hydrogens (primary N) is 1. The Morgan fingerprint density at radius 1 is 1.00 bits per heavy atom. The predicted octanol–water partition coefficient (Wildman–Crippen LogP) is 4.70. The lowest BCUT2D eigenvalue weighted by molar-refractivity contribution is 0.167. The lowest BCUT2D eigenvalue weighted by Gasteiger charge is -2.39. The molecule has 1 aliphatic rings. The van der Waals surface area contributed by atoms with E-state index in [1.165, 1.54) is 70.6 Å². The van der Waals surface area contributed by atoms with Gasteiger partial charge in [-0.3, -0.25) is 4.99 Å². The van der Waals surface area contributed by atoms with Crippen LogP contribution in [0.1, 0.15) is 91.4 Å². The molecule has 0 amide bonds. The highest BCUT2D eigenvalue weighted by Crippen LogP contribution is 2.30. The summed E-state index contributed by atoms with van der Waals surface area (Å²) >= 11 is 0. The van der Waals surface area contributed by atoms with Crippen LogP contribution in [0.3, 0.4) is 0 Å². The van der Waals surface area contributed by atoms with Crippen molar-refractivity contribution >= 4 is 6.34 Å². The first kappa shape index (κ1) is 18.5. The predicted molar refractivity (Wildman–Crippen MR) is 93.7 cm³/mol. The molecule has 21 heavy (non-hydrogen) atoms. The average molecular weight is 296 g/mol. The third-order valence-electron chi connectivity index (χ3n) is 4.86. The SMILES string of the molecule is CCCCCCCC(C)(CCCCCC)N1C=NC(N)C1. The average Bonchev–Trinajstić information content (AvgIpc) is 2.91. The fourth-order valence-corrected chi connectivity index (χ4v) is 3.28. The molecule has 0 radical (unpaired) electrons. The summed E-state index contributed by atoms with van der Waals surface area (Å²) in [6.45, 7) is 7.88. The van der Waals surface area contributed by atoms with Crippen LogP contribution in [-0.4, -0.2) is 29.5 Å². The lowest BCUT2D eigenvalue weighted by atomic mass is 9.86. The van der Waals surface area contributed by atoms with Gasteiger partial charge in [0.05, 0.1) is 12.9 Å². The van der Waals surface area contributed by atoms with E-state index >= 15 is 0 Å². The van der Waals surface area contributed by atoms with Crippen molar-refractivity contribution in [3.05, 3.63) is 0 Å². The van der Waals surface area contributed by atoms with Gasteiger partial charge in [0, 0.05) is 5.54 Å². The molecule has 124 valence electrons. The Bertz CT molecular complexity index is 290. The third-order valence-corrected chi connectivity index (χ3v) is 4.86. The highest BCUT2D eigenvalue weighted by atomic mass is 15.3. The molecule has 3 heteroatoms. The zero-order valence-corrected chi connectivity index (χ0v) is 14.6. The first-order valence-corrected chi connectivity index (χ1v) is 9.18. The zero-order chi connectivity index (χ0) is 15.6. The largest absolute Gasteiger partial charge is 0.354 e. The van der Waals surface area contributed by atoms with E-state index in [-0.39, 0.29) is 11.7 Å². The second-order valence-electron chi connectivity index (χ2n) is 6.96. The third kappa shape index (κ3) is 6.82. The molecule has 1 heterocycles. The van der Waals surface area contributed by atoms with Gasteiger partial charge in [0.1, 0.15) is 6.17 Å². The minimum Gasteiger partial charge on any atom is -0.354 e. The van der Waals surface area contributed by atoms with Gasteiger partial charge in [-0.25, -0.2) is 0 Å². The Labute approximate surface area is 132 Å². The van der Waals surface area contributed by atoms with Gasteiger partial charge < -0.3 is 10.6 Å². The first-order chi connectivity index (χ1) is 10.1. The van der Waals surface area contributed by atoms with Gasteiger partial charge in [-0.15, -0.1) is 0 Å². The van der Waals surface area contributed by atoms with Gasteiger partial charge in [0.25, 0.3) is 0 Å². The van der Waals surface area contributed by atoms with Crippen LogP contribution in [0.2, 0.25) is 0 Å². The van der Waals surface area contributed by atoms with Gasteiger partial charge in [-0.2, -0.15) is 0 Å². The fraction of sp³-hybridized carbons (Fsp3) is 0.944. The monoisotopic (exact) mass is 295 g/mol. The Balaban J connectivity index is 2.42. The summed E-state index contributed by atoms with van der Waals surface area (Å²) < 4.78 is 0. The van der Waals surface area contributed by atoms with Crippen LogP contribution in [-0.2, 0) is 0 Å². The maximum absolute atomic E-state index is 5.95. The normalized spacial score (nSPS) is 21.0. The summed E-state index contributed by atoms with van der Waals surface area (Å²) in [5.41, 5.74) is 6.21. The highest BCUT2D eigenvalue weighted by molar-refractivity contribution is 5.59. The van der Waals surface area contributed by atoms with Gasteiger partial charge >= 0.3 is 0 Å². The molecule has 0 aliphatic carbocycles. The van der Waals surface area contributed by atoms with Crippen molar-refractivity contribution in [2.24, 2.45) is 10.7 Å². The summed E-state index contributed by atoms with van der Waals surface area (Å²) in [5.74, 6) is 0. The van der Waals surface area contributed by atoms with Crippen LogP contribution >= 0.6 is 0 Å². The molecule has 0 saturated carbocycles. The van der Waals surface area contributed by atoms with Crippen molar-refractivity contribution in [2.75, 3.05) is 6.54 Å². The van der Waals surface area contributed by atoms with E-state index in [2.05, 4.69) is 30.7 Å². The summed E-state index contributed by atoms with van der Waals surface area (Å²) in [4.78, 5) is 6.78. The summed E-state index contributed by atoms with van der Waals surface area (Å²) in [6, 6.07) is 0. The minimum atomic E-state index is -0.0138. The molecule has 1 aliphatic heterocycles. The Morgan fingerprint density at radius 3 is 2.00 bits per heavy atom. The number of unbranched alkanes of at least 4 members (excludes halogenated alkanes) is 7. The molecule has 2 unspecified atom stereocenters. The minimum absolute atomic E-state index is 0.0138. The van der Waals surface area contributed by atoms with Crippen molar-refractivity contribution in [1.29, 1.82) is 0 Å². The summed E-state index contributed by atoms with van der Waals surface area (Å²) in [7, 11) is 0. The van der Waals surface area contributed by atoms with Crippen LogP contribution < -0.4 is 5.73 Å². The van der Waals surface area contributed by atoms with E-state index in [4.69, 9.17) is 5.73 Å². The number of rotatable bonds is 12. The second kappa shape index (κ2) is 10.2. The quantitative estimate of drug-likeness (QED) is 0.530. The van der Waals surface area contributed by atoms with Gasteiger partial charge in [-0.1, -0.05) is 71.6 Å². The second-order valence-corrected chi connectivity index (χ2v) is 6.96. The van der Waals surface area contributed by atoms with Crippen LogP contribution in [0.15, 0.2) is 4.99 Å². The van der Waals surface area contributed by atoms with E-state index in [0.717, 1.165) is 6.54 Å². The molecule has 2 N–H and O–H groups in total. The fourth-order valence-electron chi connectivity index (χ4n) is 3.28. The molecule has 3 nitrogen and oxygen atoms in total. The van der Waals surface area contributed by atoms with Gasteiger partial charge in [0.2, 0.25) is 0 Å². The Kier molecular flexibility index (Phi) is 8.98. The van der Waals surface area contributed by atoms with Crippen LogP contribution in [0, 0.1) is 0 Å². The smallest absolute Gasteiger partial charge is 0.116 e. The van der Waals surface area contributed by atoms with Crippen LogP contribution in [0.5, 0.6) is 0 Å². The lowest BCUT2D eigenvalue weighted by Crippen LogP contribution is -2.46. The van der Waals surface area contributed by atoms with Crippen molar-refractivity contribution in [2.45, 2.75) is 103 Å². The summed E-state index contributed by atoms with van der Waals surface area (Å²) in [5, 5.41) is 0. The summed E-state index contributed by atoms with van der Waals surface area (Å²) in [6.07, 6.45) is 16.7. The maximum atomic E-state index is 5.95. The van der Waals surface area contributed by atoms with Gasteiger partial charge in [-0.05, 0) is 19.8 Å². The molecule has 1 rings (SSSR count). The van der Waals surface area contributed by atoms with Crippen molar-refractivity contribution in [1.82, 2.24) is 4.90 Å². The Hall–Kier alpha value is -0.570. The molecule has 0 aromatic carbocycles. The molecule has 0 bridgehead atoms. The van der Waals surface area contributed by atoms with E-state index in [0.29, 0.717) is 0 Å². The molecular formula is C18H37N3. The molecule has 2 atom stereocenters. The molecule has 0 spiro atoms. The highest BCUT2D eigenvalue weighted by Gasteiger charge is 2.32. The van der Waals surface area contributed by atoms with E-state index in [1.54, 1.807) is 0 Å². The molecule has 0 aromatic rings. The van der Waals surface area contributed by atoms with E-state index in [9.17, 15) is 0 Å². The number of nitrogens with zero attached hydrogens (tertiary/aromatic N) is 2. The standard InChI is InChI=1S/C18H37N3/c1-4-6-8-10-12-14-18(3,13-11-9-7-5-2)21-15-17(19)20-16-21/h16-17H,4-15,19H2,1-3H3. The van der Waals surface area contributed by atoms with Crippen molar-refractivity contribution < 1.29 is 0 Å². The van der Waals surface area contributed by atoms with E-state index < -0.39 is 0 Å². The number of aliphatic imine (C=N–C) groups is 1. The number of hydrogen-bond acceptors (Lipinski definition) is 3. The van der Waals surface area contributed by atoms with Crippen molar-refractivity contribution in [3.8, 4) is 0 Å². The topological polar surface area (TPSA) is 41.6 Å². The van der Waals surface area contributed by atoms with E-state index in [1.807, 2.05) is 6.34 Å². The van der Waals surface area contributed by atoms with Crippen LogP contribution in [0.4, 0.5) is 0 Å². The first-order valence-electron chi connectivity index (χ1n) is 9.18. The molecule has 0 aromatic heterocycles.